The second-order valence-corrected chi connectivity index (χ2v) is 5.19. The molecule has 1 aliphatic carbocycles. The molecule has 0 spiro atoms. The summed E-state index contributed by atoms with van der Waals surface area (Å²) in [7, 11) is 0. The first kappa shape index (κ1) is 11.5. The summed E-state index contributed by atoms with van der Waals surface area (Å²) >= 11 is 0. The van der Waals surface area contributed by atoms with E-state index in [1.807, 2.05) is 10.9 Å². The molecule has 1 atom stereocenters. The second-order valence-electron chi connectivity index (χ2n) is 5.19. The Morgan fingerprint density at radius 2 is 2.33 bits per heavy atom. The maximum absolute atomic E-state index is 6.14. The Morgan fingerprint density at radius 1 is 1.44 bits per heavy atom. The molecule has 0 fully saturated rings. The van der Waals surface area contributed by atoms with Gasteiger partial charge in [0, 0.05) is 30.7 Å². The van der Waals surface area contributed by atoms with E-state index in [0.717, 1.165) is 25.9 Å². The molecule has 0 radical (unpaired) electrons. The van der Waals surface area contributed by atoms with Crippen LogP contribution in [-0.2, 0) is 19.5 Å². The van der Waals surface area contributed by atoms with Crippen LogP contribution in [0.2, 0.25) is 0 Å². The molecule has 3 rings (SSSR count). The lowest BCUT2D eigenvalue weighted by molar-refractivity contribution is 0.497. The molecule has 0 bridgehead atoms. The molecular formula is C14H20N4. The molecule has 4 nitrogen and oxygen atoms in total. The van der Waals surface area contributed by atoms with Gasteiger partial charge < -0.3 is 10.3 Å². The average Bonchev–Trinajstić information content (AvgIpc) is 2.94. The van der Waals surface area contributed by atoms with Gasteiger partial charge in [-0.15, -0.1) is 0 Å². The second kappa shape index (κ2) is 4.61. The van der Waals surface area contributed by atoms with Crippen molar-refractivity contribution in [3.05, 3.63) is 41.5 Å². The Labute approximate surface area is 107 Å². The molecule has 2 aromatic heterocycles. The molecule has 2 aromatic rings. The molecule has 0 saturated carbocycles. The molecule has 2 heterocycles. The molecule has 4 heteroatoms. The van der Waals surface area contributed by atoms with Gasteiger partial charge in [0.05, 0.1) is 12.7 Å². The monoisotopic (exact) mass is 244 g/mol. The fraction of sp³-hybridized carbons (Fsp3) is 0.500. The molecule has 0 aromatic carbocycles. The van der Waals surface area contributed by atoms with Crippen molar-refractivity contribution in [2.45, 2.75) is 45.3 Å². The number of nitrogens with two attached hydrogens (primary N) is 1. The highest BCUT2D eigenvalue weighted by atomic mass is 15.3. The van der Waals surface area contributed by atoms with E-state index in [4.69, 9.17) is 5.73 Å². The van der Waals surface area contributed by atoms with Crippen molar-refractivity contribution in [3.63, 3.8) is 0 Å². The van der Waals surface area contributed by atoms with Crippen LogP contribution < -0.4 is 5.73 Å². The highest BCUT2D eigenvalue weighted by Gasteiger charge is 2.19. The van der Waals surface area contributed by atoms with Gasteiger partial charge in [0.25, 0.3) is 0 Å². The summed E-state index contributed by atoms with van der Waals surface area (Å²) in [6.45, 7) is 3.97. The van der Waals surface area contributed by atoms with Gasteiger partial charge in [-0.2, -0.15) is 5.10 Å². The quantitative estimate of drug-likeness (QED) is 0.898. The van der Waals surface area contributed by atoms with Crippen LogP contribution >= 0.6 is 0 Å². The van der Waals surface area contributed by atoms with Gasteiger partial charge >= 0.3 is 0 Å². The lowest BCUT2D eigenvalue weighted by atomic mass is 9.94. The summed E-state index contributed by atoms with van der Waals surface area (Å²) in [4.78, 5) is 0. The number of fused-ring (bicyclic) bond motifs is 1. The Hall–Kier alpha value is -1.55. The normalized spacial score (nSPS) is 18.9. The van der Waals surface area contributed by atoms with Crippen molar-refractivity contribution in [2.75, 3.05) is 0 Å². The number of rotatable bonds is 3. The highest BCUT2D eigenvalue weighted by molar-refractivity contribution is 5.28. The van der Waals surface area contributed by atoms with Crippen molar-refractivity contribution >= 4 is 0 Å². The summed E-state index contributed by atoms with van der Waals surface area (Å²) in [6, 6.07) is 2.43. The minimum Gasteiger partial charge on any atom is -0.349 e. The lowest BCUT2D eigenvalue weighted by Crippen LogP contribution is -2.19. The van der Waals surface area contributed by atoms with Crippen molar-refractivity contribution in [3.8, 4) is 0 Å². The van der Waals surface area contributed by atoms with Crippen LogP contribution in [0.3, 0.4) is 0 Å². The van der Waals surface area contributed by atoms with Crippen LogP contribution in [0.15, 0.2) is 24.7 Å². The van der Waals surface area contributed by atoms with Crippen molar-refractivity contribution in [2.24, 2.45) is 5.73 Å². The summed E-state index contributed by atoms with van der Waals surface area (Å²) < 4.78 is 4.34. The Bertz CT molecular complexity index is 538. The SMILES string of the molecule is Cc1cnn(CCn2ccc3c2CCCC3N)c1. The molecule has 2 N–H and O–H groups in total. The maximum Gasteiger partial charge on any atom is 0.0588 e. The van der Waals surface area contributed by atoms with E-state index < -0.39 is 0 Å². The first-order valence-electron chi connectivity index (χ1n) is 6.66. The number of nitrogens with zero attached hydrogens (tertiary/aromatic N) is 3. The number of hydrogen-bond acceptors (Lipinski definition) is 2. The van der Waals surface area contributed by atoms with E-state index in [1.54, 1.807) is 0 Å². The largest absolute Gasteiger partial charge is 0.349 e. The minimum atomic E-state index is 0.238. The summed E-state index contributed by atoms with van der Waals surface area (Å²) in [5, 5.41) is 4.32. The van der Waals surface area contributed by atoms with Crippen LogP contribution in [0.5, 0.6) is 0 Å². The van der Waals surface area contributed by atoms with Gasteiger partial charge in [-0.05, 0) is 43.4 Å². The zero-order valence-corrected chi connectivity index (χ0v) is 10.8. The van der Waals surface area contributed by atoms with Gasteiger partial charge in [-0.3, -0.25) is 4.68 Å². The van der Waals surface area contributed by atoms with Gasteiger partial charge in [-0.1, -0.05) is 0 Å². The van der Waals surface area contributed by atoms with Crippen molar-refractivity contribution < 1.29 is 0 Å². The number of hydrogen-bond donors (Lipinski definition) is 1. The van der Waals surface area contributed by atoms with Crippen LogP contribution in [0.25, 0.3) is 0 Å². The van der Waals surface area contributed by atoms with Gasteiger partial charge in [0.1, 0.15) is 0 Å². The third kappa shape index (κ3) is 2.08. The van der Waals surface area contributed by atoms with E-state index in [9.17, 15) is 0 Å². The average molecular weight is 244 g/mol. The fourth-order valence-electron chi connectivity index (χ4n) is 2.80. The van der Waals surface area contributed by atoms with Crippen LogP contribution in [0, 0.1) is 6.92 Å². The minimum absolute atomic E-state index is 0.238. The first-order valence-corrected chi connectivity index (χ1v) is 6.66. The molecule has 1 unspecified atom stereocenters. The first-order chi connectivity index (χ1) is 8.74. The lowest BCUT2D eigenvalue weighted by Gasteiger charge is -2.21. The third-order valence-electron chi connectivity index (χ3n) is 3.77. The van der Waals surface area contributed by atoms with Gasteiger partial charge in [-0.25, -0.2) is 0 Å². The zero-order chi connectivity index (χ0) is 12.5. The molecule has 0 saturated heterocycles. The topological polar surface area (TPSA) is 48.8 Å². The van der Waals surface area contributed by atoms with Crippen molar-refractivity contribution in [1.29, 1.82) is 0 Å². The van der Waals surface area contributed by atoms with Gasteiger partial charge in [0.2, 0.25) is 0 Å². The predicted octanol–water partition coefficient (Wildman–Crippen LogP) is 2.03. The summed E-state index contributed by atoms with van der Waals surface area (Å²) in [6.07, 6.45) is 9.65. The molecule has 18 heavy (non-hydrogen) atoms. The molecule has 0 amide bonds. The molecule has 96 valence electrons. The Kier molecular flexibility index (Phi) is 2.96. The number of aryl methyl sites for hydroxylation is 3. The third-order valence-corrected chi connectivity index (χ3v) is 3.77. The van der Waals surface area contributed by atoms with E-state index >= 15 is 0 Å². The van der Waals surface area contributed by atoms with E-state index in [0.29, 0.717) is 0 Å². The summed E-state index contributed by atoms with van der Waals surface area (Å²) in [5.74, 6) is 0. The smallest absolute Gasteiger partial charge is 0.0588 e. The maximum atomic E-state index is 6.14. The molecule has 1 aliphatic rings. The Balaban J connectivity index is 1.73. The zero-order valence-electron chi connectivity index (χ0n) is 10.8. The van der Waals surface area contributed by atoms with Crippen molar-refractivity contribution in [1.82, 2.24) is 14.3 Å². The fourth-order valence-corrected chi connectivity index (χ4v) is 2.80. The summed E-state index contributed by atoms with van der Waals surface area (Å²) in [5.41, 5.74) is 10.1. The standard InChI is InChI=1S/C14H20N4/c1-11-9-16-18(10-11)8-7-17-6-5-12-13(15)3-2-4-14(12)17/h5-6,9-10,13H,2-4,7-8,15H2,1H3. The van der Waals surface area contributed by atoms with Crippen LogP contribution in [0.1, 0.15) is 35.7 Å². The van der Waals surface area contributed by atoms with Gasteiger partial charge in [0.15, 0.2) is 0 Å². The van der Waals surface area contributed by atoms with Crippen LogP contribution in [-0.4, -0.2) is 14.3 Å². The number of aromatic nitrogens is 3. The van der Waals surface area contributed by atoms with E-state index in [2.05, 4.69) is 35.0 Å². The van der Waals surface area contributed by atoms with Crippen LogP contribution in [0.4, 0.5) is 0 Å². The molecule has 0 aliphatic heterocycles. The van der Waals surface area contributed by atoms with E-state index in [1.165, 1.54) is 23.2 Å². The predicted molar refractivity (Wildman–Crippen MR) is 71.3 cm³/mol. The molecular weight excluding hydrogens is 224 g/mol. The highest BCUT2D eigenvalue weighted by Crippen LogP contribution is 2.28. The van der Waals surface area contributed by atoms with E-state index in [-0.39, 0.29) is 6.04 Å². The Morgan fingerprint density at radius 3 is 3.11 bits per heavy atom.